The van der Waals surface area contributed by atoms with E-state index < -0.39 is 10.0 Å². The lowest BCUT2D eigenvalue weighted by molar-refractivity contribution is 0.581. The zero-order valence-electron chi connectivity index (χ0n) is 15.5. The van der Waals surface area contributed by atoms with Crippen molar-refractivity contribution in [2.75, 3.05) is 0 Å². The Kier molecular flexibility index (Phi) is 5.89. The molecule has 0 heterocycles. The number of aryl methyl sites for hydroxylation is 2. The Morgan fingerprint density at radius 3 is 2.04 bits per heavy atom. The number of hydrogen-bond donors (Lipinski definition) is 1. The van der Waals surface area contributed by atoms with Crippen molar-refractivity contribution in [3.8, 4) is 0 Å². The van der Waals surface area contributed by atoms with Crippen molar-refractivity contribution in [2.24, 2.45) is 0 Å². The Morgan fingerprint density at radius 1 is 0.778 bits per heavy atom. The molecule has 0 aromatic heterocycles. The molecule has 1 N–H and O–H groups in total. The molecule has 0 saturated heterocycles. The second-order valence-electron chi connectivity index (χ2n) is 6.58. The van der Waals surface area contributed by atoms with Crippen molar-refractivity contribution in [1.82, 2.24) is 4.72 Å². The van der Waals surface area contributed by atoms with Gasteiger partial charge in [0.25, 0.3) is 0 Å². The van der Waals surface area contributed by atoms with Crippen LogP contribution in [0.2, 0.25) is 0 Å². The fourth-order valence-electron chi connectivity index (χ4n) is 2.69. The Bertz CT molecular complexity index is 1030. The molecule has 3 nitrogen and oxygen atoms in total. The SMILES string of the molecule is Cc1ccc(/C=C/c2ccccc2CNS(=O)(=O)c2ccc(C)cc2)cc1. The Hall–Kier alpha value is -2.69. The van der Waals surface area contributed by atoms with Gasteiger partial charge >= 0.3 is 0 Å². The number of hydrogen-bond acceptors (Lipinski definition) is 2. The summed E-state index contributed by atoms with van der Waals surface area (Å²) in [5.41, 5.74) is 5.27. The second-order valence-corrected chi connectivity index (χ2v) is 8.35. The molecule has 0 atom stereocenters. The summed E-state index contributed by atoms with van der Waals surface area (Å²) in [7, 11) is -3.54. The van der Waals surface area contributed by atoms with Crippen LogP contribution in [0.25, 0.3) is 12.2 Å². The molecule has 0 aliphatic rings. The molecule has 3 aromatic rings. The first kappa shape index (κ1) is 19.1. The minimum absolute atomic E-state index is 0.241. The van der Waals surface area contributed by atoms with Crippen molar-refractivity contribution in [1.29, 1.82) is 0 Å². The molecule has 0 spiro atoms. The van der Waals surface area contributed by atoms with Gasteiger partial charge in [-0.25, -0.2) is 13.1 Å². The van der Waals surface area contributed by atoms with Crippen LogP contribution in [0, 0.1) is 13.8 Å². The van der Waals surface area contributed by atoms with Crippen molar-refractivity contribution in [3.05, 3.63) is 101 Å². The van der Waals surface area contributed by atoms with E-state index >= 15 is 0 Å². The third-order valence-electron chi connectivity index (χ3n) is 4.37. The maximum Gasteiger partial charge on any atom is 0.240 e. The molecule has 0 aliphatic carbocycles. The van der Waals surface area contributed by atoms with Gasteiger partial charge in [0.2, 0.25) is 10.0 Å². The molecular formula is C23H23NO2S. The first-order valence-electron chi connectivity index (χ1n) is 8.83. The van der Waals surface area contributed by atoms with E-state index in [2.05, 4.69) is 35.9 Å². The largest absolute Gasteiger partial charge is 0.240 e. The van der Waals surface area contributed by atoms with Crippen molar-refractivity contribution in [3.63, 3.8) is 0 Å². The highest BCUT2D eigenvalue weighted by molar-refractivity contribution is 7.89. The summed E-state index contributed by atoms with van der Waals surface area (Å²) in [6, 6.07) is 22.9. The van der Waals surface area contributed by atoms with Gasteiger partial charge in [0.15, 0.2) is 0 Å². The van der Waals surface area contributed by atoms with Crippen LogP contribution < -0.4 is 4.72 Å². The fourth-order valence-corrected chi connectivity index (χ4v) is 3.70. The normalized spacial score (nSPS) is 11.8. The minimum atomic E-state index is -3.54. The molecule has 0 saturated carbocycles. The Morgan fingerprint density at radius 2 is 1.37 bits per heavy atom. The molecule has 3 aromatic carbocycles. The molecule has 0 radical (unpaired) electrons. The van der Waals surface area contributed by atoms with Gasteiger partial charge < -0.3 is 0 Å². The predicted molar refractivity (Wildman–Crippen MR) is 112 cm³/mol. The van der Waals surface area contributed by atoms with Gasteiger partial charge in [-0.05, 0) is 42.7 Å². The molecule has 3 rings (SSSR count). The van der Waals surface area contributed by atoms with Crippen LogP contribution in [-0.2, 0) is 16.6 Å². The molecule has 138 valence electrons. The lowest BCUT2D eigenvalue weighted by Crippen LogP contribution is -2.23. The highest BCUT2D eigenvalue weighted by Gasteiger charge is 2.13. The van der Waals surface area contributed by atoms with E-state index in [1.54, 1.807) is 24.3 Å². The summed E-state index contributed by atoms with van der Waals surface area (Å²) >= 11 is 0. The van der Waals surface area contributed by atoms with Gasteiger partial charge in [-0.15, -0.1) is 0 Å². The molecule has 0 fully saturated rings. The van der Waals surface area contributed by atoms with Crippen LogP contribution in [-0.4, -0.2) is 8.42 Å². The van der Waals surface area contributed by atoms with E-state index in [-0.39, 0.29) is 11.4 Å². The minimum Gasteiger partial charge on any atom is -0.207 e. The second kappa shape index (κ2) is 8.33. The molecule has 27 heavy (non-hydrogen) atoms. The van der Waals surface area contributed by atoms with E-state index in [1.165, 1.54) is 5.56 Å². The van der Waals surface area contributed by atoms with Gasteiger partial charge in [0.1, 0.15) is 0 Å². The zero-order chi connectivity index (χ0) is 19.3. The third-order valence-corrected chi connectivity index (χ3v) is 5.79. The van der Waals surface area contributed by atoms with Gasteiger partial charge in [-0.3, -0.25) is 0 Å². The third kappa shape index (κ3) is 5.16. The van der Waals surface area contributed by atoms with E-state index in [1.807, 2.05) is 43.3 Å². The van der Waals surface area contributed by atoms with Crippen LogP contribution in [0.15, 0.2) is 77.7 Å². The van der Waals surface area contributed by atoms with Crippen LogP contribution in [0.5, 0.6) is 0 Å². The van der Waals surface area contributed by atoms with Gasteiger partial charge in [-0.2, -0.15) is 0 Å². The van der Waals surface area contributed by atoms with E-state index in [0.29, 0.717) is 0 Å². The summed E-state index contributed by atoms with van der Waals surface area (Å²) in [5.74, 6) is 0. The lowest BCUT2D eigenvalue weighted by Gasteiger charge is -2.09. The van der Waals surface area contributed by atoms with Gasteiger partial charge in [0.05, 0.1) is 4.90 Å². The van der Waals surface area contributed by atoms with Gasteiger partial charge in [-0.1, -0.05) is 83.9 Å². The van der Waals surface area contributed by atoms with Crippen LogP contribution >= 0.6 is 0 Å². The topological polar surface area (TPSA) is 46.2 Å². The van der Waals surface area contributed by atoms with Crippen molar-refractivity contribution >= 4 is 22.2 Å². The summed E-state index contributed by atoms with van der Waals surface area (Å²) in [4.78, 5) is 0.278. The average molecular weight is 378 g/mol. The molecular weight excluding hydrogens is 354 g/mol. The standard InChI is InChI=1S/C23H23NO2S/c1-18-7-11-20(12-8-18)13-14-21-5-3-4-6-22(21)17-24-27(25,26)23-15-9-19(2)10-16-23/h3-16,24H,17H2,1-2H3/b14-13+. The molecule has 0 aliphatic heterocycles. The Labute approximate surface area is 161 Å². The first-order chi connectivity index (χ1) is 12.9. The predicted octanol–water partition coefficient (Wildman–Crippen LogP) is 4.95. The van der Waals surface area contributed by atoms with Crippen LogP contribution in [0.4, 0.5) is 0 Å². The summed E-state index contributed by atoms with van der Waals surface area (Å²) in [6.45, 7) is 4.23. The van der Waals surface area contributed by atoms with E-state index in [9.17, 15) is 8.42 Å². The van der Waals surface area contributed by atoms with Crippen LogP contribution in [0.3, 0.4) is 0 Å². The first-order valence-corrected chi connectivity index (χ1v) is 10.3. The summed E-state index contributed by atoms with van der Waals surface area (Å²) in [5, 5.41) is 0. The molecule has 4 heteroatoms. The number of nitrogens with one attached hydrogen (secondary N) is 1. The zero-order valence-corrected chi connectivity index (χ0v) is 16.3. The van der Waals surface area contributed by atoms with E-state index in [4.69, 9.17) is 0 Å². The molecule has 0 unspecified atom stereocenters. The number of sulfonamides is 1. The monoisotopic (exact) mass is 377 g/mol. The highest BCUT2D eigenvalue weighted by atomic mass is 32.2. The summed E-state index contributed by atoms with van der Waals surface area (Å²) < 4.78 is 27.7. The summed E-state index contributed by atoms with van der Waals surface area (Å²) in [6.07, 6.45) is 4.05. The number of rotatable bonds is 6. The van der Waals surface area contributed by atoms with Crippen LogP contribution in [0.1, 0.15) is 27.8 Å². The molecule has 0 amide bonds. The van der Waals surface area contributed by atoms with E-state index in [0.717, 1.165) is 22.3 Å². The quantitative estimate of drug-likeness (QED) is 0.618. The average Bonchev–Trinajstić information content (AvgIpc) is 2.67. The van der Waals surface area contributed by atoms with Gasteiger partial charge in [0, 0.05) is 6.54 Å². The lowest BCUT2D eigenvalue weighted by atomic mass is 10.1. The maximum absolute atomic E-state index is 12.5. The molecule has 0 bridgehead atoms. The van der Waals surface area contributed by atoms with Crippen molar-refractivity contribution < 1.29 is 8.42 Å². The maximum atomic E-state index is 12.5. The smallest absolute Gasteiger partial charge is 0.207 e. The Balaban J connectivity index is 1.76. The van der Waals surface area contributed by atoms with Crippen molar-refractivity contribution in [2.45, 2.75) is 25.3 Å². The number of benzene rings is 3. The highest BCUT2D eigenvalue weighted by Crippen LogP contribution is 2.16. The fraction of sp³-hybridized carbons (Fsp3) is 0.130.